The summed E-state index contributed by atoms with van der Waals surface area (Å²) in [7, 11) is 0. The molecule has 0 radical (unpaired) electrons. The molecule has 2 heterocycles. The average Bonchev–Trinajstić information content (AvgIpc) is 2.77. The van der Waals surface area contributed by atoms with E-state index in [-0.39, 0.29) is 0 Å². The lowest BCUT2D eigenvalue weighted by atomic mass is 10.1. The third kappa shape index (κ3) is 2.45. The number of hydrogen-bond donors (Lipinski definition) is 1. The van der Waals surface area contributed by atoms with E-state index in [9.17, 15) is 5.11 Å². The lowest BCUT2D eigenvalue weighted by molar-refractivity contribution is 0.188. The Hall–Kier alpha value is -1.17. The summed E-state index contributed by atoms with van der Waals surface area (Å²) in [6, 6.07) is 11.3. The molecule has 0 fully saturated rings. The van der Waals surface area contributed by atoms with Crippen LogP contribution in [0.3, 0.4) is 0 Å². The zero-order valence-electron chi connectivity index (χ0n) is 9.68. The number of benzene rings is 1. The molecule has 1 atom stereocenters. The van der Waals surface area contributed by atoms with Crippen molar-refractivity contribution >= 4 is 42.8 Å². The summed E-state index contributed by atoms with van der Waals surface area (Å²) >= 11 is 6.59. The Labute approximate surface area is 126 Å². The monoisotopic (exact) mass is 381 g/mol. The number of fused-ring (bicyclic) bond motifs is 1. The molecule has 0 saturated heterocycles. The van der Waals surface area contributed by atoms with Crippen molar-refractivity contribution in [1.29, 1.82) is 0 Å². The van der Waals surface area contributed by atoms with Crippen LogP contribution in [0.2, 0.25) is 0 Å². The number of nitrogens with zero attached hydrogens (tertiary/aromatic N) is 1. The summed E-state index contributed by atoms with van der Waals surface area (Å²) in [5.41, 5.74) is 1.60. The van der Waals surface area contributed by atoms with Gasteiger partial charge in [-0.15, -0.1) is 0 Å². The van der Waals surface area contributed by atoms with Crippen LogP contribution in [0, 0.1) is 0 Å². The first kappa shape index (κ1) is 12.8. The Balaban J connectivity index is 2.03. The van der Waals surface area contributed by atoms with Gasteiger partial charge in [0.05, 0.1) is 9.99 Å². The molecule has 19 heavy (non-hydrogen) atoms. The fourth-order valence-electron chi connectivity index (χ4n) is 1.92. The van der Waals surface area contributed by atoms with Crippen molar-refractivity contribution in [3.63, 3.8) is 0 Å². The van der Waals surface area contributed by atoms with Gasteiger partial charge in [0.25, 0.3) is 0 Å². The molecule has 2 aromatic heterocycles. The van der Waals surface area contributed by atoms with Gasteiger partial charge in [-0.1, -0.05) is 18.2 Å². The zero-order valence-corrected chi connectivity index (χ0v) is 12.8. The predicted molar refractivity (Wildman–Crippen MR) is 79.9 cm³/mol. The van der Waals surface area contributed by atoms with Crippen molar-refractivity contribution in [3.05, 3.63) is 63.1 Å². The van der Waals surface area contributed by atoms with E-state index in [1.54, 1.807) is 12.3 Å². The van der Waals surface area contributed by atoms with Crippen molar-refractivity contribution in [2.45, 2.75) is 6.10 Å². The van der Waals surface area contributed by atoms with Gasteiger partial charge in [0.2, 0.25) is 0 Å². The van der Waals surface area contributed by atoms with Gasteiger partial charge in [-0.2, -0.15) is 0 Å². The topological polar surface area (TPSA) is 46.3 Å². The normalized spacial score (nSPS) is 12.8. The molecule has 3 nitrogen and oxygen atoms in total. The van der Waals surface area contributed by atoms with Gasteiger partial charge in [0, 0.05) is 11.6 Å². The van der Waals surface area contributed by atoms with Crippen molar-refractivity contribution in [3.8, 4) is 0 Å². The number of hydrogen-bond acceptors (Lipinski definition) is 3. The first-order valence-corrected chi connectivity index (χ1v) is 7.21. The van der Waals surface area contributed by atoms with Crippen LogP contribution >= 0.6 is 31.9 Å². The molecular formula is C14H9Br2NO2. The number of aliphatic hydroxyl groups is 1. The van der Waals surface area contributed by atoms with Gasteiger partial charge in [0.1, 0.15) is 11.9 Å². The molecule has 5 heteroatoms. The van der Waals surface area contributed by atoms with Gasteiger partial charge in [-0.3, -0.25) is 4.98 Å². The van der Waals surface area contributed by atoms with E-state index in [1.165, 1.54) is 0 Å². The summed E-state index contributed by atoms with van der Waals surface area (Å²) in [5, 5.41) is 11.4. The summed E-state index contributed by atoms with van der Waals surface area (Å²) in [4.78, 5) is 4.28. The van der Waals surface area contributed by atoms with Crippen LogP contribution in [-0.2, 0) is 0 Å². The molecular weight excluding hydrogens is 374 g/mol. The highest BCUT2D eigenvalue weighted by Gasteiger charge is 2.17. The van der Waals surface area contributed by atoms with Gasteiger partial charge in [-0.05, 0) is 55.6 Å². The maximum Gasteiger partial charge on any atom is 0.183 e. The highest BCUT2D eigenvalue weighted by Crippen LogP contribution is 2.33. The van der Waals surface area contributed by atoms with Crippen molar-refractivity contribution in [2.24, 2.45) is 0 Å². The maximum absolute atomic E-state index is 10.3. The fourth-order valence-corrected chi connectivity index (χ4v) is 2.52. The van der Waals surface area contributed by atoms with Crippen molar-refractivity contribution in [2.75, 3.05) is 0 Å². The third-order valence-electron chi connectivity index (χ3n) is 2.88. The van der Waals surface area contributed by atoms with Gasteiger partial charge < -0.3 is 9.52 Å². The molecule has 0 spiro atoms. The van der Waals surface area contributed by atoms with Crippen molar-refractivity contribution < 1.29 is 9.52 Å². The highest BCUT2D eigenvalue weighted by atomic mass is 79.9. The van der Waals surface area contributed by atoms with Gasteiger partial charge in [0.15, 0.2) is 4.67 Å². The molecule has 1 aromatic carbocycles. The molecule has 0 saturated carbocycles. The van der Waals surface area contributed by atoms with E-state index in [0.717, 1.165) is 20.9 Å². The molecule has 0 aliphatic carbocycles. The zero-order chi connectivity index (χ0) is 13.4. The molecule has 1 unspecified atom stereocenters. The minimum atomic E-state index is -0.811. The van der Waals surface area contributed by atoms with E-state index in [0.29, 0.717) is 10.4 Å². The summed E-state index contributed by atoms with van der Waals surface area (Å²) in [5.74, 6) is 0.481. The number of halogens is 2. The molecule has 3 rings (SSSR count). The van der Waals surface area contributed by atoms with E-state index in [2.05, 4.69) is 36.8 Å². The molecule has 0 aliphatic heterocycles. The minimum absolute atomic E-state index is 0.481. The van der Waals surface area contributed by atoms with Gasteiger partial charge >= 0.3 is 0 Å². The minimum Gasteiger partial charge on any atom is -0.450 e. The van der Waals surface area contributed by atoms with Crippen LogP contribution in [0.1, 0.15) is 17.4 Å². The number of aromatic nitrogens is 1. The standard InChI is InChI=1S/C14H9Br2NO2/c15-10-7-12(19-14(10)16)13(18)9-4-3-8-2-1-5-17-11(8)6-9/h1-7,13,18H. The van der Waals surface area contributed by atoms with E-state index in [4.69, 9.17) is 4.42 Å². The van der Waals surface area contributed by atoms with E-state index >= 15 is 0 Å². The first-order valence-electron chi connectivity index (χ1n) is 5.62. The second kappa shape index (κ2) is 5.07. The molecule has 0 amide bonds. The number of rotatable bonds is 2. The highest BCUT2D eigenvalue weighted by molar-refractivity contribution is 9.13. The molecule has 96 valence electrons. The smallest absolute Gasteiger partial charge is 0.183 e. The van der Waals surface area contributed by atoms with Crippen LogP contribution in [0.25, 0.3) is 10.9 Å². The van der Waals surface area contributed by atoms with Crippen LogP contribution in [0.5, 0.6) is 0 Å². The number of furan rings is 1. The second-order valence-corrected chi connectivity index (χ2v) is 5.70. The Morgan fingerprint density at radius 3 is 2.74 bits per heavy atom. The second-order valence-electron chi connectivity index (χ2n) is 4.13. The Morgan fingerprint density at radius 2 is 2.00 bits per heavy atom. The first-order chi connectivity index (χ1) is 9.15. The van der Waals surface area contributed by atoms with Crippen LogP contribution in [0.4, 0.5) is 0 Å². The Bertz CT molecular complexity index is 720. The lowest BCUT2D eigenvalue weighted by Gasteiger charge is -2.08. The number of aliphatic hydroxyl groups excluding tert-OH is 1. The predicted octanol–water partition coefficient (Wildman–Crippen LogP) is 4.43. The van der Waals surface area contributed by atoms with E-state index in [1.807, 2.05) is 30.3 Å². The molecule has 1 N–H and O–H groups in total. The van der Waals surface area contributed by atoms with Gasteiger partial charge in [-0.25, -0.2) is 0 Å². The number of pyridine rings is 1. The Morgan fingerprint density at radius 1 is 1.16 bits per heavy atom. The van der Waals surface area contributed by atoms with Crippen LogP contribution in [-0.4, -0.2) is 10.1 Å². The molecule has 0 aliphatic rings. The quantitative estimate of drug-likeness (QED) is 0.712. The van der Waals surface area contributed by atoms with Crippen LogP contribution in [0.15, 0.2) is 56.2 Å². The van der Waals surface area contributed by atoms with E-state index < -0.39 is 6.10 Å². The summed E-state index contributed by atoms with van der Waals surface area (Å²) in [6.45, 7) is 0. The Kier molecular flexibility index (Phi) is 3.43. The average molecular weight is 383 g/mol. The van der Waals surface area contributed by atoms with Crippen LogP contribution < -0.4 is 0 Å². The summed E-state index contributed by atoms with van der Waals surface area (Å²) < 4.78 is 6.79. The largest absolute Gasteiger partial charge is 0.450 e. The third-order valence-corrected chi connectivity index (χ3v) is 4.59. The molecule has 3 aromatic rings. The van der Waals surface area contributed by atoms with Crippen molar-refractivity contribution in [1.82, 2.24) is 4.98 Å². The SMILES string of the molecule is OC(c1ccc2cccnc2c1)c1cc(Br)c(Br)o1. The molecule has 0 bridgehead atoms. The summed E-state index contributed by atoms with van der Waals surface area (Å²) in [6.07, 6.45) is 0.924. The fraction of sp³-hybridized carbons (Fsp3) is 0.0714. The maximum atomic E-state index is 10.3. The lowest BCUT2D eigenvalue weighted by Crippen LogP contribution is -1.98.